The molecule has 0 spiro atoms. The zero-order valence-corrected chi connectivity index (χ0v) is 21.1. The number of hydrogen-bond donors (Lipinski definition) is 2. The van der Waals surface area contributed by atoms with Crippen molar-refractivity contribution in [1.82, 2.24) is 10.2 Å². The van der Waals surface area contributed by atoms with E-state index in [-0.39, 0.29) is 18.2 Å². The van der Waals surface area contributed by atoms with E-state index in [1.54, 1.807) is 18.2 Å². The number of thiocarbonyl (C=S) groups is 1. The second-order valence-corrected chi connectivity index (χ2v) is 9.27. The van der Waals surface area contributed by atoms with E-state index >= 15 is 0 Å². The number of primary amides is 1. The molecule has 0 aliphatic heterocycles. The third-order valence-corrected chi connectivity index (χ3v) is 6.52. The lowest BCUT2D eigenvalue weighted by Gasteiger charge is -2.36. The zero-order valence-electron chi connectivity index (χ0n) is 18.8. The number of amides is 2. The van der Waals surface area contributed by atoms with Crippen LogP contribution in [0.1, 0.15) is 48.0 Å². The van der Waals surface area contributed by atoms with Crippen LogP contribution in [0.15, 0.2) is 36.4 Å². The number of benzene rings is 2. The Morgan fingerprint density at radius 1 is 1.12 bits per heavy atom. The van der Waals surface area contributed by atoms with Crippen molar-refractivity contribution >= 4 is 52.3 Å². The Morgan fingerprint density at radius 3 is 2.53 bits per heavy atom. The number of carbonyl (C=O) groups excluding carboxylic acids is 2. The Balaban J connectivity index is 1.80. The van der Waals surface area contributed by atoms with Gasteiger partial charge >= 0.3 is 0 Å². The first kappa shape index (κ1) is 26.1. The molecule has 1 fully saturated rings. The molecule has 0 unspecified atom stereocenters. The molecule has 1 aliphatic rings. The average Bonchev–Trinajstić information content (AvgIpc) is 2.83. The SMILES string of the molecule is COc1cc(CN(C(=S)NC(=O)c2cc(Cl)ccc2Cl)C2CCCCC2)ccc1OCC(N)=O. The van der Waals surface area contributed by atoms with Crippen molar-refractivity contribution in [3.05, 3.63) is 57.6 Å². The van der Waals surface area contributed by atoms with Gasteiger partial charge in [0.2, 0.25) is 0 Å². The largest absolute Gasteiger partial charge is 0.493 e. The topological polar surface area (TPSA) is 93.9 Å². The van der Waals surface area contributed by atoms with Crippen molar-refractivity contribution in [1.29, 1.82) is 0 Å². The molecule has 3 rings (SSSR count). The first-order valence-electron chi connectivity index (χ1n) is 10.9. The predicted molar refractivity (Wildman–Crippen MR) is 137 cm³/mol. The lowest BCUT2D eigenvalue weighted by Crippen LogP contribution is -2.48. The van der Waals surface area contributed by atoms with Crippen LogP contribution in [0.3, 0.4) is 0 Å². The van der Waals surface area contributed by atoms with E-state index in [9.17, 15) is 9.59 Å². The molecule has 3 N–H and O–H groups in total. The standard InChI is InChI=1S/C24H27Cl2N3O4S/c1-32-21-11-15(7-10-20(21)33-14-22(27)30)13-29(17-5-3-2-4-6-17)24(34)28-23(31)18-12-16(25)8-9-19(18)26/h7-12,17H,2-6,13-14H2,1H3,(H2,27,30)(H,28,31,34). The highest BCUT2D eigenvalue weighted by Crippen LogP contribution is 2.30. The van der Waals surface area contributed by atoms with Crippen LogP contribution >= 0.6 is 35.4 Å². The predicted octanol–water partition coefficient (Wildman–Crippen LogP) is 4.72. The first-order valence-corrected chi connectivity index (χ1v) is 12.1. The molecular formula is C24H27Cl2N3O4S. The fourth-order valence-corrected chi connectivity index (χ4v) is 4.62. The normalized spacial score (nSPS) is 13.7. The van der Waals surface area contributed by atoms with Crippen LogP contribution < -0.4 is 20.5 Å². The molecule has 0 radical (unpaired) electrons. The van der Waals surface area contributed by atoms with E-state index < -0.39 is 11.8 Å². The monoisotopic (exact) mass is 523 g/mol. The molecule has 2 aromatic rings. The summed E-state index contributed by atoms with van der Waals surface area (Å²) < 4.78 is 10.8. The molecular weight excluding hydrogens is 497 g/mol. The van der Waals surface area contributed by atoms with Crippen molar-refractivity contribution < 1.29 is 19.1 Å². The fraction of sp³-hybridized carbons (Fsp3) is 0.375. The number of nitrogens with two attached hydrogens (primary N) is 1. The summed E-state index contributed by atoms with van der Waals surface area (Å²) in [4.78, 5) is 26.0. The molecule has 10 heteroatoms. The second kappa shape index (κ2) is 12.2. The molecule has 0 heterocycles. The van der Waals surface area contributed by atoms with Crippen molar-refractivity contribution in [3.8, 4) is 11.5 Å². The van der Waals surface area contributed by atoms with Crippen LogP contribution in [0.25, 0.3) is 0 Å². The fourth-order valence-electron chi connectivity index (χ4n) is 3.94. The summed E-state index contributed by atoms with van der Waals surface area (Å²) in [6.07, 6.45) is 5.33. The number of ether oxygens (including phenoxy) is 2. The van der Waals surface area contributed by atoms with Crippen molar-refractivity contribution in [2.45, 2.75) is 44.7 Å². The average molecular weight is 524 g/mol. The maximum absolute atomic E-state index is 12.9. The second-order valence-electron chi connectivity index (χ2n) is 8.04. The summed E-state index contributed by atoms with van der Waals surface area (Å²) in [5.41, 5.74) is 6.34. The molecule has 0 aromatic heterocycles. The summed E-state index contributed by atoms with van der Waals surface area (Å²) in [5.74, 6) is -0.0923. The van der Waals surface area contributed by atoms with Gasteiger partial charge in [0.05, 0.1) is 17.7 Å². The van der Waals surface area contributed by atoms with Gasteiger partial charge in [0, 0.05) is 17.6 Å². The zero-order chi connectivity index (χ0) is 24.7. The number of hydrogen-bond acceptors (Lipinski definition) is 5. The smallest absolute Gasteiger partial charge is 0.258 e. The van der Waals surface area contributed by atoms with Crippen LogP contribution in [0.4, 0.5) is 0 Å². The highest BCUT2D eigenvalue weighted by atomic mass is 35.5. The Hall–Kier alpha value is -2.55. The van der Waals surface area contributed by atoms with Crippen LogP contribution in [0, 0.1) is 0 Å². The summed E-state index contributed by atoms with van der Waals surface area (Å²) in [6.45, 7) is 0.214. The van der Waals surface area contributed by atoms with E-state index in [0.717, 1.165) is 31.2 Å². The van der Waals surface area contributed by atoms with Gasteiger partial charge in [0.25, 0.3) is 11.8 Å². The number of nitrogens with one attached hydrogen (secondary N) is 1. The summed E-state index contributed by atoms with van der Waals surface area (Å²) in [7, 11) is 1.52. The number of carbonyl (C=O) groups is 2. The highest BCUT2D eigenvalue weighted by Gasteiger charge is 2.25. The van der Waals surface area contributed by atoms with Crippen molar-refractivity contribution in [3.63, 3.8) is 0 Å². The van der Waals surface area contributed by atoms with Gasteiger partial charge in [-0.1, -0.05) is 48.5 Å². The third kappa shape index (κ3) is 6.98. The van der Waals surface area contributed by atoms with Crippen molar-refractivity contribution in [2.75, 3.05) is 13.7 Å². The van der Waals surface area contributed by atoms with Gasteiger partial charge in [-0.15, -0.1) is 0 Å². The molecule has 2 amide bonds. The molecule has 34 heavy (non-hydrogen) atoms. The van der Waals surface area contributed by atoms with Crippen LogP contribution in [0.2, 0.25) is 10.0 Å². The van der Waals surface area contributed by atoms with E-state index in [4.69, 9.17) is 50.6 Å². The van der Waals surface area contributed by atoms with Crippen LogP contribution in [-0.2, 0) is 11.3 Å². The van der Waals surface area contributed by atoms with E-state index in [0.29, 0.717) is 33.2 Å². The number of rotatable bonds is 8. The molecule has 0 atom stereocenters. The molecule has 7 nitrogen and oxygen atoms in total. The quantitative estimate of drug-likeness (QED) is 0.486. The van der Waals surface area contributed by atoms with Crippen molar-refractivity contribution in [2.24, 2.45) is 5.73 Å². The molecule has 0 saturated heterocycles. The van der Waals surface area contributed by atoms with E-state index in [2.05, 4.69) is 5.32 Å². The van der Waals surface area contributed by atoms with Crippen LogP contribution in [0.5, 0.6) is 11.5 Å². The van der Waals surface area contributed by atoms with Gasteiger partial charge in [-0.05, 0) is 61.0 Å². The Kier molecular flexibility index (Phi) is 9.38. The molecule has 1 saturated carbocycles. The third-order valence-electron chi connectivity index (χ3n) is 5.62. The molecule has 0 bridgehead atoms. The summed E-state index contributed by atoms with van der Waals surface area (Å²) >= 11 is 17.9. The summed E-state index contributed by atoms with van der Waals surface area (Å²) in [6, 6.07) is 10.3. The maximum Gasteiger partial charge on any atom is 0.258 e. The van der Waals surface area contributed by atoms with E-state index in [1.807, 2.05) is 17.0 Å². The minimum Gasteiger partial charge on any atom is -0.493 e. The Morgan fingerprint density at radius 2 is 1.85 bits per heavy atom. The molecule has 182 valence electrons. The number of halogens is 2. The van der Waals surface area contributed by atoms with Gasteiger partial charge < -0.3 is 20.1 Å². The Bertz CT molecular complexity index is 1060. The number of methoxy groups -OCH3 is 1. The van der Waals surface area contributed by atoms with Crippen LogP contribution in [-0.4, -0.2) is 41.6 Å². The van der Waals surface area contributed by atoms with Gasteiger partial charge in [0.15, 0.2) is 23.2 Å². The lowest BCUT2D eigenvalue weighted by atomic mass is 9.94. The van der Waals surface area contributed by atoms with E-state index in [1.165, 1.54) is 19.6 Å². The van der Waals surface area contributed by atoms with Gasteiger partial charge in [0.1, 0.15) is 0 Å². The van der Waals surface area contributed by atoms with Gasteiger partial charge in [-0.25, -0.2) is 0 Å². The summed E-state index contributed by atoms with van der Waals surface area (Å²) in [5, 5.41) is 3.85. The maximum atomic E-state index is 12.9. The molecule has 2 aromatic carbocycles. The molecule has 1 aliphatic carbocycles. The lowest BCUT2D eigenvalue weighted by molar-refractivity contribution is -0.119. The number of nitrogens with zero attached hydrogens (tertiary/aromatic N) is 1. The Labute approximate surface area is 214 Å². The van der Waals surface area contributed by atoms with Gasteiger partial charge in [-0.3, -0.25) is 14.9 Å². The first-order chi connectivity index (χ1) is 16.3. The van der Waals surface area contributed by atoms with Gasteiger partial charge in [-0.2, -0.15) is 0 Å². The minimum atomic E-state index is -0.574. The minimum absolute atomic E-state index is 0.188. The highest BCUT2D eigenvalue weighted by molar-refractivity contribution is 7.80.